The number of carbonyl (C=O) groups excluding carboxylic acids is 3. The van der Waals surface area contributed by atoms with E-state index in [1.165, 1.54) is 4.90 Å². The largest absolute Gasteiger partial charge is 0.465 e. The molecule has 3 aliphatic rings. The number of aliphatic imine (C=N–C) groups is 1. The van der Waals surface area contributed by atoms with Crippen molar-refractivity contribution in [3.8, 4) is 0 Å². The SMILES string of the molecule is CCOC(=O)CN1C(=O)C2C(N=C3N(c4ccc(Br)cc4)C(C)=CN32)N(C)C1=O. The molecule has 3 amide bonds. The first-order valence-electron chi connectivity index (χ1n) is 9.17. The average molecular weight is 462 g/mol. The van der Waals surface area contributed by atoms with E-state index in [0.717, 1.165) is 20.8 Å². The van der Waals surface area contributed by atoms with E-state index in [9.17, 15) is 14.4 Å². The van der Waals surface area contributed by atoms with Crippen molar-refractivity contribution in [2.45, 2.75) is 26.1 Å². The number of allylic oxidation sites excluding steroid dienone is 1. The van der Waals surface area contributed by atoms with E-state index in [-0.39, 0.29) is 6.61 Å². The second kappa shape index (κ2) is 7.18. The van der Waals surface area contributed by atoms with Crippen LogP contribution in [0.3, 0.4) is 0 Å². The highest BCUT2D eigenvalue weighted by Crippen LogP contribution is 2.36. The maximum atomic E-state index is 13.1. The Morgan fingerprint density at radius 1 is 1.24 bits per heavy atom. The summed E-state index contributed by atoms with van der Waals surface area (Å²) in [4.78, 5) is 48.4. The number of nitrogens with zero attached hydrogens (tertiary/aromatic N) is 5. The molecular weight excluding hydrogens is 442 g/mol. The second-order valence-corrected chi connectivity index (χ2v) is 7.82. The van der Waals surface area contributed by atoms with Crippen LogP contribution in [-0.4, -0.2) is 71.0 Å². The lowest BCUT2D eigenvalue weighted by atomic mass is 10.1. The maximum Gasteiger partial charge on any atom is 0.328 e. The van der Waals surface area contributed by atoms with Gasteiger partial charge < -0.3 is 14.5 Å². The Balaban J connectivity index is 1.65. The molecule has 1 fully saturated rings. The molecule has 29 heavy (non-hydrogen) atoms. The zero-order valence-electron chi connectivity index (χ0n) is 16.2. The molecule has 1 saturated heterocycles. The molecule has 0 bridgehead atoms. The van der Waals surface area contributed by atoms with Crippen molar-refractivity contribution < 1.29 is 19.1 Å². The minimum Gasteiger partial charge on any atom is -0.465 e. The summed E-state index contributed by atoms with van der Waals surface area (Å²) in [5.41, 5.74) is 1.79. The van der Waals surface area contributed by atoms with Gasteiger partial charge >= 0.3 is 12.0 Å². The molecule has 0 saturated carbocycles. The molecule has 4 rings (SSSR count). The predicted molar refractivity (Wildman–Crippen MR) is 109 cm³/mol. The van der Waals surface area contributed by atoms with Gasteiger partial charge in [0.15, 0.2) is 12.2 Å². The smallest absolute Gasteiger partial charge is 0.328 e. The Labute approximate surface area is 176 Å². The fourth-order valence-corrected chi connectivity index (χ4v) is 4.01. The van der Waals surface area contributed by atoms with E-state index in [0.29, 0.717) is 5.96 Å². The van der Waals surface area contributed by atoms with E-state index in [2.05, 4.69) is 20.9 Å². The van der Waals surface area contributed by atoms with Gasteiger partial charge in [0.25, 0.3) is 5.91 Å². The summed E-state index contributed by atoms with van der Waals surface area (Å²) in [6.07, 6.45) is 1.18. The average Bonchev–Trinajstić information content (AvgIpc) is 3.19. The minimum atomic E-state index is -0.725. The highest BCUT2D eigenvalue weighted by Gasteiger charge is 2.54. The molecule has 0 aromatic heterocycles. The summed E-state index contributed by atoms with van der Waals surface area (Å²) >= 11 is 3.43. The summed E-state index contributed by atoms with van der Waals surface area (Å²) in [7, 11) is 1.58. The number of hydrogen-bond donors (Lipinski definition) is 0. The van der Waals surface area contributed by atoms with Crippen molar-refractivity contribution >= 4 is 45.5 Å². The molecule has 0 aliphatic carbocycles. The first-order valence-corrected chi connectivity index (χ1v) is 9.96. The van der Waals surface area contributed by atoms with Crippen LogP contribution in [0.1, 0.15) is 13.8 Å². The highest BCUT2D eigenvalue weighted by molar-refractivity contribution is 9.10. The van der Waals surface area contributed by atoms with Crippen LogP contribution >= 0.6 is 15.9 Å². The number of urea groups is 1. The van der Waals surface area contributed by atoms with Crippen LogP contribution in [0.5, 0.6) is 0 Å². The second-order valence-electron chi connectivity index (χ2n) is 6.90. The first kappa shape index (κ1) is 19.4. The van der Waals surface area contributed by atoms with Crippen molar-refractivity contribution in [2.24, 2.45) is 4.99 Å². The van der Waals surface area contributed by atoms with Crippen LogP contribution < -0.4 is 4.90 Å². The van der Waals surface area contributed by atoms with Crippen molar-refractivity contribution in [3.63, 3.8) is 0 Å². The predicted octanol–water partition coefficient (Wildman–Crippen LogP) is 1.95. The molecule has 3 aliphatic heterocycles. The molecule has 2 atom stereocenters. The fraction of sp³-hybridized carbons (Fsp3) is 0.368. The zero-order valence-corrected chi connectivity index (χ0v) is 17.8. The third-order valence-electron chi connectivity index (χ3n) is 5.07. The standard InChI is InChI=1S/C19H20BrN5O4/c1-4-29-14(26)10-24-17(27)15-16(22(3)19(24)28)21-18-23(15)9-11(2)25(18)13-7-5-12(20)6-8-13/h5-9,15-16H,4,10H2,1-3H3. The maximum absolute atomic E-state index is 13.1. The Hall–Kier alpha value is -2.88. The number of fused-ring (bicyclic) bond motifs is 3. The molecule has 0 spiro atoms. The molecule has 0 radical (unpaired) electrons. The van der Waals surface area contributed by atoms with Crippen LogP contribution in [0.2, 0.25) is 0 Å². The van der Waals surface area contributed by atoms with Crippen molar-refractivity contribution in [1.29, 1.82) is 0 Å². The molecule has 9 nitrogen and oxygen atoms in total. The third-order valence-corrected chi connectivity index (χ3v) is 5.59. The molecule has 1 aromatic carbocycles. The molecule has 10 heteroatoms. The van der Waals surface area contributed by atoms with Gasteiger partial charge in [0, 0.05) is 29.1 Å². The number of halogens is 1. The van der Waals surface area contributed by atoms with Crippen molar-refractivity contribution in [1.82, 2.24) is 14.7 Å². The van der Waals surface area contributed by atoms with Gasteiger partial charge in [0.2, 0.25) is 5.96 Å². The minimum absolute atomic E-state index is 0.181. The van der Waals surface area contributed by atoms with Crippen LogP contribution in [0.15, 0.2) is 45.6 Å². The first-order chi connectivity index (χ1) is 13.8. The molecule has 0 N–H and O–H groups in total. The highest BCUT2D eigenvalue weighted by atomic mass is 79.9. The molecule has 152 valence electrons. The number of esters is 1. The quantitative estimate of drug-likeness (QED) is 0.637. The van der Waals surface area contributed by atoms with Gasteiger partial charge in [0.05, 0.1) is 6.61 Å². The van der Waals surface area contributed by atoms with E-state index >= 15 is 0 Å². The van der Waals surface area contributed by atoms with E-state index in [1.807, 2.05) is 42.3 Å². The number of ether oxygens (including phenoxy) is 1. The van der Waals surface area contributed by atoms with Crippen LogP contribution in [0.25, 0.3) is 0 Å². The van der Waals surface area contributed by atoms with Gasteiger partial charge in [-0.05, 0) is 38.1 Å². The molecule has 2 unspecified atom stereocenters. The summed E-state index contributed by atoms with van der Waals surface area (Å²) in [6.45, 7) is 3.36. The Morgan fingerprint density at radius 3 is 2.59 bits per heavy atom. The lowest BCUT2D eigenvalue weighted by Crippen LogP contribution is -2.65. The molecule has 1 aromatic rings. The number of amides is 3. The molecular formula is C19H20BrN5O4. The number of carbonyl (C=O) groups is 3. The number of anilines is 1. The Kier molecular flexibility index (Phi) is 4.81. The Morgan fingerprint density at radius 2 is 1.93 bits per heavy atom. The van der Waals surface area contributed by atoms with Gasteiger partial charge in [-0.2, -0.15) is 0 Å². The number of guanidine groups is 1. The summed E-state index contributed by atoms with van der Waals surface area (Å²) in [5, 5.41) is 0. The van der Waals surface area contributed by atoms with E-state index in [4.69, 9.17) is 4.74 Å². The van der Waals surface area contributed by atoms with Gasteiger partial charge in [-0.1, -0.05) is 15.9 Å². The van der Waals surface area contributed by atoms with Gasteiger partial charge in [-0.15, -0.1) is 0 Å². The number of imide groups is 1. The normalized spacial score (nSPS) is 23.2. The Bertz CT molecular complexity index is 944. The van der Waals surface area contributed by atoms with E-state index in [1.54, 1.807) is 18.9 Å². The van der Waals surface area contributed by atoms with Crippen molar-refractivity contribution in [3.05, 3.63) is 40.6 Å². The third kappa shape index (κ3) is 3.07. The topological polar surface area (TPSA) is 85.8 Å². The zero-order chi connectivity index (χ0) is 20.9. The molecule has 3 heterocycles. The monoisotopic (exact) mass is 461 g/mol. The lowest BCUT2D eigenvalue weighted by molar-refractivity contribution is -0.150. The number of rotatable bonds is 4. The van der Waals surface area contributed by atoms with Gasteiger partial charge in [0.1, 0.15) is 6.54 Å². The van der Waals surface area contributed by atoms with Crippen molar-refractivity contribution in [2.75, 3.05) is 25.1 Å². The summed E-state index contributed by atoms with van der Waals surface area (Å²) in [5.74, 6) is -0.512. The lowest BCUT2D eigenvalue weighted by Gasteiger charge is -2.39. The summed E-state index contributed by atoms with van der Waals surface area (Å²) in [6, 6.07) is 6.45. The van der Waals surface area contributed by atoms with Crippen LogP contribution in [-0.2, 0) is 14.3 Å². The number of hydrogen-bond acceptors (Lipinski definition) is 7. The van der Waals surface area contributed by atoms with Gasteiger partial charge in [-0.3, -0.25) is 19.4 Å². The van der Waals surface area contributed by atoms with Gasteiger partial charge in [-0.25, -0.2) is 9.79 Å². The number of benzene rings is 1. The number of likely N-dealkylation sites (N-methyl/N-ethyl adjacent to an activating group) is 1. The fourth-order valence-electron chi connectivity index (χ4n) is 3.74. The van der Waals surface area contributed by atoms with E-state index < -0.39 is 36.7 Å². The summed E-state index contributed by atoms with van der Waals surface area (Å²) < 4.78 is 5.86. The van der Waals surface area contributed by atoms with Crippen LogP contribution in [0.4, 0.5) is 10.5 Å². The van der Waals surface area contributed by atoms with Crippen LogP contribution in [0, 0.1) is 0 Å².